The maximum Gasteiger partial charge on any atom is 0.349 e. The highest BCUT2D eigenvalue weighted by atomic mass is 32.2. The maximum absolute atomic E-state index is 13.2. The highest BCUT2D eigenvalue weighted by Crippen LogP contribution is 2.25. The Bertz CT molecular complexity index is 849. The normalized spacial score (nSPS) is 18.2. The average molecular weight is 376 g/mol. The molecule has 0 N–H and O–H groups in total. The van der Waals surface area contributed by atoms with Gasteiger partial charge in [-0.15, -0.1) is 0 Å². The van der Waals surface area contributed by atoms with Gasteiger partial charge in [0.1, 0.15) is 5.56 Å². The lowest BCUT2D eigenvalue weighted by molar-refractivity contribution is 0.0671. The lowest BCUT2D eigenvalue weighted by Crippen LogP contribution is -2.47. The molecule has 0 aliphatic carbocycles. The minimum Gasteiger partial charge on any atom is -0.493 e. The van der Waals surface area contributed by atoms with Crippen molar-refractivity contribution < 1.29 is 13.9 Å². The van der Waals surface area contributed by atoms with Crippen LogP contribution >= 0.6 is 11.8 Å². The third-order valence-electron chi connectivity index (χ3n) is 4.45. The topological polar surface area (TPSA) is 63.0 Å². The molecule has 6 nitrogen and oxygen atoms in total. The second-order valence-corrected chi connectivity index (χ2v) is 7.82. The summed E-state index contributed by atoms with van der Waals surface area (Å²) in [5.74, 6) is 2.13. The van der Waals surface area contributed by atoms with Crippen LogP contribution in [0.2, 0.25) is 0 Å². The SMILES string of the molecule is COc1cccc2cc(C(=O)N3CCCSCC3CN(C)C)c(=O)oc12. The van der Waals surface area contributed by atoms with Gasteiger partial charge in [-0.3, -0.25) is 4.79 Å². The monoisotopic (exact) mass is 376 g/mol. The molecular formula is C19H24N2O4S. The Labute approximate surface area is 157 Å². The number of para-hydroxylation sites is 1. The summed E-state index contributed by atoms with van der Waals surface area (Å²) in [4.78, 5) is 29.6. The van der Waals surface area contributed by atoms with E-state index < -0.39 is 5.63 Å². The number of likely N-dealkylation sites (N-methyl/N-ethyl adjacent to an activating group) is 1. The van der Waals surface area contributed by atoms with E-state index in [4.69, 9.17) is 9.15 Å². The number of carbonyl (C=O) groups is 1. The maximum atomic E-state index is 13.2. The summed E-state index contributed by atoms with van der Waals surface area (Å²) in [6.07, 6.45) is 0.924. The number of carbonyl (C=O) groups excluding carboxylic acids is 1. The zero-order valence-electron chi connectivity index (χ0n) is 15.4. The Morgan fingerprint density at radius 2 is 2.23 bits per heavy atom. The number of hydrogen-bond acceptors (Lipinski definition) is 6. The summed E-state index contributed by atoms with van der Waals surface area (Å²) in [6.45, 7) is 1.42. The molecule has 1 saturated heterocycles. The molecule has 0 bridgehead atoms. The standard InChI is InChI=1S/C19H24N2O4S/c1-20(2)11-14-12-26-9-5-8-21(14)18(22)15-10-13-6-4-7-16(24-3)17(13)25-19(15)23/h4,6-7,10,14H,5,8-9,11-12H2,1-3H3. The van der Waals surface area contributed by atoms with Crippen molar-refractivity contribution in [2.24, 2.45) is 0 Å². The Morgan fingerprint density at radius 1 is 1.42 bits per heavy atom. The first-order chi connectivity index (χ1) is 12.5. The number of nitrogens with zero attached hydrogens (tertiary/aromatic N) is 2. The lowest BCUT2D eigenvalue weighted by atomic mass is 10.1. The van der Waals surface area contributed by atoms with Crippen LogP contribution in [0.1, 0.15) is 16.8 Å². The first kappa shape index (κ1) is 18.8. The van der Waals surface area contributed by atoms with Crippen LogP contribution in [0.4, 0.5) is 0 Å². The van der Waals surface area contributed by atoms with E-state index in [-0.39, 0.29) is 17.5 Å². The fourth-order valence-corrected chi connectivity index (χ4v) is 4.31. The number of fused-ring (bicyclic) bond motifs is 1. The molecule has 2 heterocycles. The summed E-state index contributed by atoms with van der Waals surface area (Å²) in [6, 6.07) is 7.05. The Kier molecular flexibility index (Phi) is 5.88. The zero-order chi connectivity index (χ0) is 18.7. The highest BCUT2D eigenvalue weighted by molar-refractivity contribution is 7.99. The van der Waals surface area contributed by atoms with Gasteiger partial charge in [-0.1, -0.05) is 12.1 Å². The molecule has 1 atom stereocenters. The zero-order valence-corrected chi connectivity index (χ0v) is 16.2. The molecule has 1 aliphatic rings. The molecule has 1 aromatic carbocycles. The van der Waals surface area contributed by atoms with Crippen LogP contribution in [0.3, 0.4) is 0 Å². The Morgan fingerprint density at radius 3 is 2.96 bits per heavy atom. The van der Waals surface area contributed by atoms with Gasteiger partial charge in [0, 0.05) is 24.2 Å². The van der Waals surface area contributed by atoms with E-state index in [1.807, 2.05) is 42.9 Å². The van der Waals surface area contributed by atoms with Gasteiger partial charge in [-0.05, 0) is 38.4 Å². The van der Waals surface area contributed by atoms with Crippen LogP contribution in [-0.4, -0.2) is 67.5 Å². The summed E-state index contributed by atoms with van der Waals surface area (Å²) in [5, 5.41) is 0.681. The molecule has 2 aromatic rings. The first-order valence-corrected chi connectivity index (χ1v) is 9.81. The number of thioether (sulfide) groups is 1. The van der Waals surface area contributed by atoms with Crippen molar-refractivity contribution in [2.75, 3.05) is 45.8 Å². The van der Waals surface area contributed by atoms with Crippen LogP contribution < -0.4 is 10.4 Å². The van der Waals surface area contributed by atoms with E-state index in [0.717, 1.165) is 24.5 Å². The van der Waals surface area contributed by atoms with Crippen molar-refractivity contribution >= 4 is 28.6 Å². The molecular weight excluding hydrogens is 352 g/mol. The predicted octanol–water partition coefficient (Wildman–Crippen LogP) is 2.31. The number of benzene rings is 1. The van der Waals surface area contributed by atoms with Gasteiger partial charge in [0.2, 0.25) is 0 Å². The fourth-order valence-electron chi connectivity index (χ4n) is 3.25. The van der Waals surface area contributed by atoms with Gasteiger partial charge in [0.25, 0.3) is 5.91 Å². The predicted molar refractivity (Wildman–Crippen MR) is 104 cm³/mol. The van der Waals surface area contributed by atoms with Crippen molar-refractivity contribution in [2.45, 2.75) is 12.5 Å². The molecule has 0 saturated carbocycles. The molecule has 1 amide bonds. The number of ether oxygens (including phenoxy) is 1. The van der Waals surface area contributed by atoms with E-state index in [1.54, 1.807) is 12.1 Å². The molecule has 140 valence electrons. The summed E-state index contributed by atoms with van der Waals surface area (Å²) < 4.78 is 10.7. The Hall–Kier alpha value is -1.99. The quantitative estimate of drug-likeness (QED) is 0.763. The van der Waals surface area contributed by atoms with E-state index in [1.165, 1.54) is 7.11 Å². The molecule has 7 heteroatoms. The largest absolute Gasteiger partial charge is 0.493 e. The van der Waals surface area contributed by atoms with Gasteiger partial charge in [0.15, 0.2) is 11.3 Å². The summed E-state index contributed by atoms with van der Waals surface area (Å²) >= 11 is 1.86. The second kappa shape index (κ2) is 8.14. The summed E-state index contributed by atoms with van der Waals surface area (Å²) in [5.41, 5.74) is -0.165. The van der Waals surface area contributed by atoms with Crippen LogP contribution in [-0.2, 0) is 0 Å². The van der Waals surface area contributed by atoms with Crippen molar-refractivity contribution in [3.05, 3.63) is 40.2 Å². The molecule has 0 radical (unpaired) electrons. The Balaban J connectivity index is 1.99. The molecule has 1 fully saturated rings. The molecule has 1 unspecified atom stereocenters. The smallest absolute Gasteiger partial charge is 0.349 e. The minimum absolute atomic E-state index is 0.0745. The molecule has 1 aromatic heterocycles. The van der Waals surface area contributed by atoms with Gasteiger partial charge >= 0.3 is 5.63 Å². The number of amides is 1. The van der Waals surface area contributed by atoms with Gasteiger partial charge in [-0.2, -0.15) is 11.8 Å². The van der Waals surface area contributed by atoms with Gasteiger partial charge < -0.3 is 19.0 Å². The second-order valence-electron chi connectivity index (χ2n) is 6.67. The lowest BCUT2D eigenvalue weighted by Gasteiger charge is -2.31. The van der Waals surface area contributed by atoms with Crippen LogP contribution in [0.25, 0.3) is 11.0 Å². The number of methoxy groups -OCH3 is 1. The van der Waals surface area contributed by atoms with Gasteiger partial charge in [-0.25, -0.2) is 4.79 Å². The van der Waals surface area contributed by atoms with E-state index >= 15 is 0 Å². The third-order valence-corrected chi connectivity index (χ3v) is 5.65. The highest BCUT2D eigenvalue weighted by Gasteiger charge is 2.29. The van der Waals surface area contributed by atoms with Crippen molar-refractivity contribution in [3.63, 3.8) is 0 Å². The number of rotatable bonds is 4. The van der Waals surface area contributed by atoms with E-state index in [2.05, 4.69) is 4.90 Å². The van der Waals surface area contributed by atoms with Crippen molar-refractivity contribution in [3.8, 4) is 5.75 Å². The van der Waals surface area contributed by atoms with Crippen molar-refractivity contribution in [1.29, 1.82) is 0 Å². The minimum atomic E-state index is -0.618. The van der Waals surface area contributed by atoms with Crippen LogP contribution in [0.15, 0.2) is 33.5 Å². The van der Waals surface area contributed by atoms with E-state index in [9.17, 15) is 9.59 Å². The van der Waals surface area contributed by atoms with Crippen LogP contribution in [0, 0.1) is 0 Å². The van der Waals surface area contributed by atoms with Gasteiger partial charge in [0.05, 0.1) is 13.2 Å². The summed E-state index contributed by atoms with van der Waals surface area (Å²) in [7, 11) is 5.51. The third kappa shape index (κ3) is 3.88. The van der Waals surface area contributed by atoms with Crippen molar-refractivity contribution in [1.82, 2.24) is 9.80 Å². The molecule has 26 heavy (non-hydrogen) atoms. The average Bonchev–Trinajstić information content (AvgIpc) is 2.85. The van der Waals surface area contributed by atoms with Crippen LogP contribution in [0.5, 0.6) is 5.75 Å². The molecule has 0 spiro atoms. The first-order valence-electron chi connectivity index (χ1n) is 8.65. The number of hydrogen-bond donors (Lipinski definition) is 0. The fraction of sp³-hybridized carbons (Fsp3) is 0.474. The van der Waals surface area contributed by atoms with E-state index in [0.29, 0.717) is 23.3 Å². The molecule has 3 rings (SSSR count). The molecule has 1 aliphatic heterocycles.